The summed E-state index contributed by atoms with van der Waals surface area (Å²) in [6.07, 6.45) is 0.555. The Hall–Kier alpha value is -4.79. The first-order chi connectivity index (χ1) is 18.2. The number of nitrogens with zero attached hydrogens (tertiary/aromatic N) is 3. The lowest BCUT2D eigenvalue weighted by Crippen LogP contribution is -2.37. The Bertz CT molecular complexity index is 1570. The number of benzene rings is 3. The third-order valence-corrected chi connectivity index (χ3v) is 6.47. The molecule has 194 valence electrons. The number of rotatable bonds is 9. The number of carbonyl (C=O) groups is 2. The third-order valence-electron chi connectivity index (χ3n) is 6.47. The monoisotopic (exact) mass is 512 g/mol. The van der Waals surface area contributed by atoms with Gasteiger partial charge < -0.3 is 4.90 Å². The van der Waals surface area contributed by atoms with Gasteiger partial charge in [-0.3, -0.25) is 29.6 Å². The summed E-state index contributed by atoms with van der Waals surface area (Å²) in [4.78, 5) is 52.6. The Kier molecular flexibility index (Phi) is 7.66. The lowest BCUT2D eigenvalue weighted by Gasteiger charge is -2.21. The van der Waals surface area contributed by atoms with Crippen molar-refractivity contribution in [3.63, 3.8) is 0 Å². The molecule has 1 N–H and O–H groups in total. The molecule has 0 aliphatic heterocycles. The molecule has 0 bridgehead atoms. The first-order valence-electron chi connectivity index (χ1n) is 12.3. The predicted molar refractivity (Wildman–Crippen MR) is 145 cm³/mol. The van der Waals surface area contributed by atoms with Gasteiger partial charge in [-0.25, -0.2) is 4.68 Å². The number of hydrogen-bond donors (Lipinski definition) is 1. The minimum Gasteiger partial charge on any atom is -0.331 e. The zero-order valence-corrected chi connectivity index (χ0v) is 21.4. The molecule has 0 spiro atoms. The Morgan fingerprint density at radius 2 is 1.71 bits per heavy atom. The van der Waals surface area contributed by atoms with E-state index in [0.717, 1.165) is 11.1 Å². The maximum atomic E-state index is 13.7. The number of non-ortho nitro benzene ring substituents is 1. The lowest BCUT2D eigenvalue weighted by atomic mass is 10.0. The van der Waals surface area contributed by atoms with E-state index in [4.69, 9.17) is 0 Å². The number of aromatic nitrogens is 2. The number of amides is 1. The van der Waals surface area contributed by atoms with E-state index in [1.165, 1.54) is 33.8 Å². The van der Waals surface area contributed by atoms with E-state index >= 15 is 0 Å². The van der Waals surface area contributed by atoms with Crippen molar-refractivity contribution in [2.75, 3.05) is 13.1 Å². The van der Waals surface area contributed by atoms with Gasteiger partial charge in [-0.15, -0.1) is 0 Å². The zero-order chi connectivity index (χ0) is 27.4. The molecule has 3 aromatic carbocycles. The van der Waals surface area contributed by atoms with Crippen molar-refractivity contribution >= 4 is 17.4 Å². The molecule has 0 radical (unpaired) electrons. The van der Waals surface area contributed by atoms with E-state index in [9.17, 15) is 24.5 Å². The molecule has 9 nitrogen and oxygen atoms in total. The molecule has 0 aliphatic rings. The highest BCUT2D eigenvalue weighted by atomic mass is 16.6. The zero-order valence-electron chi connectivity index (χ0n) is 21.4. The number of carbonyl (C=O) groups excluding carboxylic acids is 2. The van der Waals surface area contributed by atoms with Gasteiger partial charge >= 0.3 is 0 Å². The van der Waals surface area contributed by atoms with Crippen molar-refractivity contribution in [2.45, 2.75) is 27.2 Å². The normalized spacial score (nSPS) is 10.8. The van der Waals surface area contributed by atoms with Crippen LogP contribution >= 0.6 is 0 Å². The van der Waals surface area contributed by atoms with Gasteiger partial charge in [0.25, 0.3) is 17.2 Å². The molecule has 0 aliphatic carbocycles. The molecule has 0 atom stereocenters. The number of Topliss-reactive ketones (excluding diaryl/α,β-unsaturated/α-hetero) is 1. The molecule has 0 fully saturated rings. The van der Waals surface area contributed by atoms with E-state index < -0.39 is 22.2 Å². The average Bonchev–Trinajstić information content (AvgIpc) is 3.27. The molecule has 9 heteroatoms. The Morgan fingerprint density at radius 1 is 1.00 bits per heavy atom. The highest BCUT2D eigenvalue weighted by Gasteiger charge is 2.27. The number of nitro groups is 1. The third kappa shape index (κ3) is 5.17. The van der Waals surface area contributed by atoms with E-state index in [1.54, 1.807) is 18.2 Å². The van der Waals surface area contributed by atoms with Gasteiger partial charge in [0.2, 0.25) is 0 Å². The molecule has 4 rings (SSSR count). The van der Waals surface area contributed by atoms with Crippen molar-refractivity contribution in [3.8, 4) is 16.9 Å². The van der Waals surface area contributed by atoms with Gasteiger partial charge in [0.1, 0.15) is 5.56 Å². The summed E-state index contributed by atoms with van der Waals surface area (Å²) >= 11 is 0. The van der Waals surface area contributed by atoms with Crippen LogP contribution in [0.1, 0.15) is 45.2 Å². The highest BCUT2D eigenvalue weighted by Crippen LogP contribution is 2.24. The number of hydrogen-bond acceptors (Lipinski definition) is 5. The molecule has 4 aromatic rings. The van der Waals surface area contributed by atoms with E-state index in [-0.39, 0.29) is 29.9 Å². The molecule has 1 amide bonds. The fourth-order valence-corrected chi connectivity index (χ4v) is 4.37. The van der Waals surface area contributed by atoms with Crippen LogP contribution < -0.4 is 5.56 Å². The van der Waals surface area contributed by atoms with Crippen molar-refractivity contribution in [2.24, 2.45) is 0 Å². The summed E-state index contributed by atoms with van der Waals surface area (Å²) in [5.74, 6) is -1.04. The second-order valence-electron chi connectivity index (χ2n) is 9.04. The summed E-state index contributed by atoms with van der Waals surface area (Å²) in [5.41, 5.74) is 2.86. The van der Waals surface area contributed by atoms with Gasteiger partial charge in [-0.1, -0.05) is 55.5 Å². The number of aromatic amines is 1. The van der Waals surface area contributed by atoms with Crippen LogP contribution in [0.15, 0.2) is 77.6 Å². The molecule has 38 heavy (non-hydrogen) atoms. The van der Waals surface area contributed by atoms with Crippen LogP contribution in [0.25, 0.3) is 16.9 Å². The fraction of sp³-hybridized carbons (Fsp3) is 0.207. The maximum absolute atomic E-state index is 13.7. The van der Waals surface area contributed by atoms with Crippen molar-refractivity contribution in [3.05, 3.63) is 116 Å². The van der Waals surface area contributed by atoms with Gasteiger partial charge in [-0.2, -0.15) is 0 Å². The van der Waals surface area contributed by atoms with Crippen molar-refractivity contribution in [1.82, 2.24) is 14.7 Å². The maximum Gasteiger partial charge on any atom is 0.282 e. The summed E-state index contributed by atoms with van der Waals surface area (Å²) in [6.45, 7) is 5.59. The predicted octanol–water partition coefficient (Wildman–Crippen LogP) is 5.09. The largest absolute Gasteiger partial charge is 0.331 e. The molecule has 0 saturated heterocycles. The molecular formula is C29H28N4O5. The van der Waals surface area contributed by atoms with Gasteiger partial charge in [0.05, 0.1) is 22.8 Å². The summed E-state index contributed by atoms with van der Waals surface area (Å²) in [7, 11) is 0. The van der Waals surface area contributed by atoms with Crippen molar-refractivity contribution in [1.29, 1.82) is 0 Å². The Morgan fingerprint density at radius 3 is 2.39 bits per heavy atom. The summed E-state index contributed by atoms with van der Waals surface area (Å²) in [6, 6.07) is 20.0. The van der Waals surface area contributed by atoms with E-state index in [1.807, 2.05) is 51.1 Å². The minimum absolute atomic E-state index is 0.0509. The number of ketones is 1. The van der Waals surface area contributed by atoms with Gasteiger partial charge in [0, 0.05) is 29.8 Å². The first-order valence-corrected chi connectivity index (χ1v) is 12.3. The number of H-pyrrole nitrogens is 1. The number of nitrogens with one attached hydrogen (secondary N) is 1. The van der Waals surface area contributed by atoms with Crippen molar-refractivity contribution < 1.29 is 14.5 Å². The molecular weight excluding hydrogens is 484 g/mol. The van der Waals surface area contributed by atoms with Gasteiger partial charge in [0.15, 0.2) is 5.78 Å². The Balaban J connectivity index is 1.77. The molecule has 1 heterocycles. The standard InChI is InChI=1S/C29H28N4O5/c1-4-16-31(28(35)22-13-9-14-23(17-22)33(37)38)18-25(34)26-27(21-11-6-5-7-12-21)30-32(29(26)36)24-15-8-10-19(2)20(24)3/h5-15,17,30H,4,16,18H2,1-3H3. The first kappa shape index (κ1) is 26.3. The number of aryl methyl sites for hydroxylation is 1. The molecule has 1 aromatic heterocycles. The fourth-order valence-electron chi connectivity index (χ4n) is 4.37. The van der Waals surface area contributed by atoms with Crippen LogP contribution in [-0.2, 0) is 0 Å². The second kappa shape index (κ2) is 11.1. The highest BCUT2D eigenvalue weighted by molar-refractivity contribution is 6.05. The summed E-state index contributed by atoms with van der Waals surface area (Å²) < 4.78 is 1.37. The van der Waals surface area contributed by atoms with E-state index in [0.29, 0.717) is 23.4 Å². The quantitative estimate of drug-likeness (QED) is 0.190. The molecule has 0 unspecified atom stereocenters. The van der Waals surface area contributed by atoms with E-state index in [2.05, 4.69) is 5.10 Å². The van der Waals surface area contributed by atoms with Gasteiger partial charge in [-0.05, 0) is 43.5 Å². The Labute approximate surface area is 219 Å². The minimum atomic E-state index is -0.576. The lowest BCUT2D eigenvalue weighted by molar-refractivity contribution is -0.384. The van der Waals surface area contributed by atoms with Crippen LogP contribution in [0, 0.1) is 24.0 Å². The number of nitro benzene ring substituents is 1. The van der Waals surface area contributed by atoms with Crippen LogP contribution in [-0.4, -0.2) is 44.4 Å². The smallest absolute Gasteiger partial charge is 0.282 e. The SMILES string of the molecule is CCCN(CC(=O)c1c(-c2ccccc2)[nH]n(-c2cccc(C)c2C)c1=O)C(=O)c1cccc([N+](=O)[O-])c1. The van der Waals surface area contributed by atoms with Crippen LogP contribution in [0.2, 0.25) is 0 Å². The van der Waals surface area contributed by atoms with Crippen LogP contribution in [0.4, 0.5) is 5.69 Å². The van der Waals surface area contributed by atoms with Crippen LogP contribution in [0.3, 0.4) is 0 Å². The average molecular weight is 513 g/mol. The molecule has 0 saturated carbocycles. The second-order valence-corrected chi connectivity index (χ2v) is 9.04. The topological polar surface area (TPSA) is 118 Å². The van der Waals surface area contributed by atoms with Crippen LogP contribution in [0.5, 0.6) is 0 Å². The summed E-state index contributed by atoms with van der Waals surface area (Å²) in [5, 5.41) is 14.3.